The summed E-state index contributed by atoms with van der Waals surface area (Å²) in [6.07, 6.45) is 3.55. The van der Waals surface area contributed by atoms with Gasteiger partial charge in [-0.15, -0.1) is 0 Å². The van der Waals surface area contributed by atoms with Crippen LogP contribution in [0.3, 0.4) is 0 Å². The number of aliphatic hydroxyl groups excluding tert-OH is 1. The highest BCUT2D eigenvalue weighted by atomic mass is 16.2. The highest BCUT2D eigenvalue weighted by Crippen LogP contribution is 2.12. The molecule has 0 aromatic carbocycles. The Morgan fingerprint density at radius 2 is 2.20 bits per heavy atom. The lowest BCUT2D eigenvalue weighted by atomic mass is 10.3. The van der Waals surface area contributed by atoms with Gasteiger partial charge in [0.1, 0.15) is 0 Å². The van der Waals surface area contributed by atoms with Crippen LogP contribution in [-0.2, 0) is 0 Å². The number of nitriles is 1. The second-order valence-corrected chi connectivity index (χ2v) is 2.57. The zero-order valence-electron chi connectivity index (χ0n) is 6.54. The molecule has 0 aromatic heterocycles. The van der Waals surface area contributed by atoms with Crippen molar-refractivity contribution in [3.8, 4) is 6.26 Å². The maximum atomic E-state index is 6.88. The maximum absolute atomic E-state index is 6.88. The summed E-state index contributed by atoms with van der Waals surface area (Å²) in [4.78, 5) is 2.40. The first kappa shape index (κ1) is 9.25. The van der Waals surface area contributed by atoms with Gasteiger partial charge in [0, 0.05) is 6.04 Å². The number of aliphatic hydroxyl groups is 1. The van der Waals surface area contributed by atoms with Crippen LogP contribution in [0.25, 0.3) is 0 Å². The third kappa shape index (κ3) is 3.31. The number of rotatable bonds is 0. The van der Waals surface area contributed by atoms with Crippen LogP contribution in [-0.4, -0.2) is 29.6 Å². The molecule has 1 N–H and O–H groups in total. The first-order chi connectivity index (χ1) is 4.72. The average Bonchev–Trinajstić information content (AvgIpc) is 2.19. The van der Waals surface area contributed by atoms with Gasteiger partial charge < -0.3 is 10.0 Å². The minimum Gasteiger partial charge on any atom is -0.443 e. The summed E-state index contributed by atoms with van der Waals surface area (Å²) < 4.78 is 0. The zero-order valence-corrected chi connectivity index (χ0v) is 6.54. The predicted molar refractivity (Wildman–Crippen MR) is 38.9 cm³/mol. The van der Waals surface area contributed by atoms with E-state index in [9.17, 15) is 0 Å². The number of likely N-dealkylation sites (tertiary alicyclic amines) is 1. The Balaban J connectivity index is 0.000000236. The summed E-state index contributed by atoms with van der Waals surface area (Å²) in [6, 6.07) is 0.847. The van der Waals surface area contributed by atoms with Crippen LogP contribution in [0.2, 0.25) is 0 Å². The molecule has 1 rings (SSSR count). The third-order valence-electron chi connectivity index (χ3n) is 1.89. The van der Waals surface area contributed by atoms with E-state index in [4.69, 9.17) is 10.4 Å². The molecule has 0 radical (unpaired) electrons. The lowest BCUT2D eigenvalue weighted by Crippen LogP contribution is -2.20. The van der Waals surface area contributed by atoms with E-state index in [0.29, 0.717) is 0 Å². The molecule has 1 saturated heterocycles. The van der Waals surface area contributed by atoms with Crippen molar-refractivity contribution < 1.29 is 5.11 Å². The molecule has 1 atom stereocenters. The van der Waals surface area contributed by atoms with Crippen LogP contribution >= 0.6 is 0 Å². The van der Waals surface area contributed by atoms with Gasteiger partial charge in [-0.25, -0.2) is 0 Å². The molecule has 10 heavy (non-hydrogen) atoms. The van der Waals surface area contributed by atoms with Crippen molar-refractivity contribution in [3.05, 3.63) is 0 Å². The molecule has 0 aliphatic carbocycles. The van der Waals surface area contributed by atoms with Crippen LogP contribution in [0.15, 0.2) is 0 Å². The van der Waals surface area contributed by atoms with Gasteiger partial charge in [0.2, 0.25) is 0 Å². The standard InChI is InChI=1S/C6H13N.CHNO/c1-6-4-3-5-7(6)2;2-1-3/h6H,3-5H2,1-2H3;3H. The maximum Gasteiger partial charge on any atom is 0.283 e. The zero-order chi connectivity index (χ0) is 7.98. The summed E-state index contributed by atoms with van der Waals surface area (Å²) in [6.45, 7) is 3.59. The highest BCUT2D eigenvalue weighted by Gasteiger charge is 2.14. The second kappa shape index (κ2) is 5.07. The molecule has 0 bridgehead atoms. The molecule has 1 unspecified atom stereocenters. The second-order valence-electron chi connectivity index (χ2n) is 2.57. The van der Waals surface area contributed by atoms with E-state index in [0.717, 1.165) is 12.3 Å². The van der Waals surface area contributed by atoms with E-state index in [1.165, 1.54) is 19.4 Å². The molecule has 3 nitrogen and oxygen atoms in total. The Bertz CT molecular complexity index is 111. The molecule has 1 aliphatic heterocycles. The minimum absolute atomic E-state index is 0.750. The molecule has 0 saturated carbocycles. The first-order valence-corrected chi connectivity index (χ1v) is 3.45. The fourth-order valence-corrected chi connectivity index (χ4v) is 1.08. The Hall–Kier alpha value is -0.750. The minimum atomic E-state index is 0.750. The van der Waals surface area contributed by atoms with Gasteiger partial charge in [0.15, 0.2) is 0 Å². The van der Waals surface area contributed by atoms with Crippen molar-refractivity contribution >= 4 is 0 Å². The van der Waals surface area contributed by atoms with Crippen molar-refractivity contribution in [2.75, 3.05) is 13.6 Å². The summed E-state index contributed by atoms with van der Waals surface area (Å²) >= 11 is 0. The van der Waals surface area contributed by atoms with Gasteiger partial charge in [-0.2, -0.15) is 5.26 Å². The summed E-state index contributed by atoms with van der Waals surface area (Å²) in [5, 5.41) is 13.8. The molecule has 1 aliphatic rings. The number of nitrogens with zero attached hydrogens (tertiary/aromatic N) is 2. The third-order valence-corrected chi connectivity index (χ3v) is 1.89. The van der Waals surface area contributed by atoms with Gasteiger partial charge >= 0.3 is 0 Å². The summed E-state index contributed by atoms with van der Waals surface area (Å²) in [7, 11) is 2.19. The van der Waals surface area contributed by atoms with Crippen LogP contribution in [0.4, 0.5) is 0 Å². The lowest BCUT2D eigenvalue weighted by Gasteiger charge is -2.12. The quantitative estimate of drug-likeness (QED) is 0.512. The van der Waals surface area contributed by atoms with E-state index in [1.54, 1.807) is 0 Å². The fourth-order valence-electron chi connectivity index (χ4n) is 1.08. The van der Waals surface area contributed by atoms with Gasteiger partial charge in [-0.1, -0.05) is 0 Å². The Morgan fingerprint density at radius 3 is 2.30 bits per heavy atom. The summed E-state index contributed by atoms with van der Waals surface area (Å²) in [5.41, 5.74) is 0. The van der Waals surface area contributed by atoms with Crippen molar-refractivity contribution in [2.24, 2.45) is 0 Å². The van der Waals surface area contributed by atoms with Crippen molar-refractivity contribution in [2.45, 2.75) is 25.8 Å². The van der Waals surface area contributed by atoms with Gasteiger partial charge in [-0.05, 0) is 33.4 Å². The van der Waals surface area contributed by atoms with Gasteiger partial charge in [0.25, 0.3) is 6.26 Å². The smallest absolute Gasteiger partial charge is 0.283 e. The van der Waals surface area contributed by atoms with E-state index in [1.807, 2.05) is 0 Å². The Labute approximate surface area is 61.9 Å². The van der Waals surface area contributed by atoms with Gasteiger partial charge in [-0.3, -0.25) is 0 Å². The molecular formula is C7H14N2O. The molecule has 3 heteroatoms. The van der Waals surface area contributed by atoms with Crippen LogP contribution < -0.4 is 0 Å². The van der Waals surface area contributed by atoms with Crippen molar-refractivity contribution in [3.63, 3.8) is 0 Å². The number of hydrogen-bond donors (Lipinski definition) is 1. The topological polar surface area (TPSA) is 47.3 Å². The van der Waals surface area contributed by atoms with Crippen LogP contribution in [0.5, 0.6) is 0 Å². The molecule has 0 spiro atoms. The molecule has 0 amide bonds. The van der Waals surface area contributed by atoms with Crippen molar-refractivity contribution in [1.82, 2.24) is 4.90 Å². The SMILES string of the molecule is CC1CCCN1C.N#CO. The monoisotopic (exact) mass is 142 g/mol. The Kier molecular flexibility index (Phi) is 4.69. The number of hydrogen-bond acceptors (Lipinski definition) is 3. The highest BCUT2D eigenvalue weighted by molar-refractivity contribution is 4.70. The largest absolute Gasteiger partial charge is 0.443 e. The molecule has 1 fully saturated rings. The summed E-state index contributed by atoms with van der Waals surface area (Å²) in [5.74, 6) is 0. The van der Waals surface area contributed by atoms with E-state index >= 15 is 0 Å². The fraction of sp³-hybridized carbons (Fsp3) is 0.857. The van der Waals surface area contributed by atoms with E-state index in [2.05, 4.69) is 18.9 Å². The normalized spacial score (nSPS) is 24.7. The molecule has 1 heterocycles. The van der Waals surface area contributed by atoms with Gasteiger partial charge in [0.05, 0.1) is 0 Å². The molecule has 58 valence electrons. The molecular weight excluding hydrogens is 128 g/mol. The van der Waals surface area contributed by atoms with Crippen LogP contribution in [0, 0.1) is 11.5 Å². The first-order valence-electron chi connectivity index (χ1n) is 3.45. The van der Waals surface area contributed by atoms with E-state index in [-0.39, 0.29) is 0 Å². The van der Waals surface area contributed by atoms with Crippen LogP contribution in [0.1, 0.15) is 19.8 Å². The average molecular weight is 142 g/mol. The molecule has 0 aromatic rings. The Morgan fingerprint density at radius 1 is 1.70 bits per heavy atom. The predicted octanol–water partition coefficient (Wildman–Crippen LogP) is 0.940. The van der Waals surface area contributed by atoms with E-state index < -0.39 is 0 Å². The lowest BCUT2D eigenvalue weighted by molar-refractivity contribution is 0.331. The van der Waals surface area contributed by atoms with Crippen molar-refractivity contribution in [1.29, 1.82) is 5.26 Å².